The molecule has 0 spiro atoms. The quantitative estimate of drug-likeness (QED) is 0.853. The highest BCUT2D eigenvalue weighted by molar-refractivity contribution is 7.05. The summed E-state index contributed by atoms with van der Waals surface area (Å²) in [6.45, 7) is 6.34. The Morgan fingerprint density at radius 1 is 1.37 bits per heavy atom. The van der Waals surface area contributed by atoms with Gasteiger partial charge in [0.25, 0.3) is 5.91 Å². The molecule has 1 amide bonds. The van der Waals surface area contributed by atoms with E-state index >= 15 is 0 Å². The van der Waals surface area contributed by atoms with Crippen molar-refractivity contribution in [1.29, 1.82) is 0 Å². The van der Waals surface area contributed by atoms with Gasteiger partial charge in [0, 0.05) is 31.9 Å². The second kappa shape index (κ2) is 5.08. The zero-order valence-corrected chi connectivity index (χ0v) is 12.6. The van der Waals surface area contributed by atoms with Crippen LogP contribution in [0.25, 0.3) is 0 Å². The topological polar surface area (TPSA) is 63.9 Å². The zero-order chi connectivity index (χ0) is 14.2. The van der Waals surface area contributed by atoms with Crippen molar-refractivity contribution in [2.75, 3.05) is 7.05 Å². The first-order valence-corrected chi connectivity index (χ1v) is 6.72. The lowest BCUT2D eigenvalue weighted by atomic mass is 10.2. The SMILES string of the molecule is Cc1nn(C)c(C)c1CN(C)C(=O)c1nnsc1C. The maximum atomic E-state index is 12.3. The van der Waals surface area contributed by atoms with E-state index in [-0.39, 0.29) is 5.91 Å². The minimum absolute atomic E-state index is 0.103. The molecule has 2 aromatic rings. The number of hydrogen-bond acceptors (Lipinski definition) is 5. The summed E-state index contributed by atoms with van der Waals surface area (Å²) >= 11 is 1.24. The molecule has 0 bridgehead atoms. The first kappa shape index (κ1) is 13.7. The molecule has 2 heterocycles. The molecule has 102 valence electrons. The van der Waals surface area contributed by atoms with Crippen molar-refractivity contribution < 1.29 is 4.79 Å². The van der Waals surface area contributed by atoms with Crippen molar-refractivity contribution >= 4 is 17.4 Å². The molecule has 0 radical (unpaired) electrons. The van der Waals surface area contributed by atoms with Crippen LogP contribution in [0.2, 0.25) is 0 Å². The highest BCUT2D eigenvalue weighted by Gasteiger charge is 2.20. The van der Waals surface area contributed by atoms with Crippen LogP contribution in [0.3, 0.4) is 0 Å². The molecule has 0 aliphatic rings. The van der Waals surface area contributed by atoms with Crippen molar-refractivity contribution in [3.8, 4) is 0 Å². The lowest BCUT2D eigenvalue weighted by molar-refractivity contribution is 0.0778. The molecule has 0 saturated carbocycles. The van der Waals surface area contributed by atoms with Crippen LogP contribution in [0.5, 0.6) is 0 Å². The molecule has 6 nitrogen and oxygen atoms in total. The Balaban J connectivity index is 2.20. The van der Waals surface area contributed by atoms with Gasteiger partial charge in [-0.25, -0.2) is 0 Å². The Morgan fingerprint density at radius 3 is 2.53 bits per heavy atom. The van der Waals surface area contributed by atoms with E-state index in [4.69, 9.17) is 0 Å². The molecule has 7 heteroatoms. The van der Waals surface area contributed by atoms with Crippen LogP contribution in [0, 0.1) is 20.8 Å². The zero-order valence-electron chi connectivity index (χ0n) is 11.8. The molecule has 0 fully saturated rings. The maximum absolute atomic E-state index is 12.3. The van der Waals surface area contributed by atoms with Gasteiger partial charge in [-0.1, -0.05) is 4.49 Å². The Morgan fingerprint density at radius 2 is 2.05 bits per heavy atom. The van der Waals surface area contributed by atoms with Gasteiger partial charge in [0.15, 0.2) is 5.69 Å². The standard InChI is InChI=1S/C12H17N5OS/c1-7-10(8(2)17(5)14-7)6-16(4)12(18)11-9(3)19-15-13-11/h6H2,1-5H3. The van der Waals surface area contributed by atoms with E-state index in [0.29, 0.717) is 12.2 Å². The Labute approximate surface area is 116 Å². The van der Waals surface area contributed by atoms with Crippen LogP contribution < -0.4 is 0 Å². The number of amides is 1. The summed E-state index contributed by atoms with van der Waals surface area (Å²) in [7, 11) is 3.68. The number of hydrogen-bond donors (Lipinski definition) is 0. The number of nitrogens with zero attached hydrogens (tertiary/aromatic N) is 5. The average molecular weight is 279 g/mol. The minimum atomic E-state index is -0.103. The van der Waals surface area contributed by atoms with E-state index in [1.165, 1.54) is 11.5 Å². The van der Waals surface area contributed by atoms with Gasteiger partial charge in [-0.15, -0.1) is 5.10 Å². The second-order valence-corrected chi connectivity index (χ2v) is 5.57. The number of aromatic nitrogens is 4. The van der Waals surface area contributed by atoms with Gasteiger partial charge in [-0.05, 0) is 32.3 Å². The van der Waals surface area contributed by atoms with Crippen molar-refractivity contribution in [3.63, 3.8) is 0 Å². The molecule has 0 unspecified atom stereocenters. The van der Waals surface area contributed by atoms with Crippen molar-refractivity contribution in [2.24, 2.45) is 7.05 Å². The van der Waals surface area contributed by atoms with Gasteiger partial charge in [0.2, 0.25) is 0 Å². The summed E-state index contributed by atoms with van der Waals surface area (Å²) < 4.78 is 5.63. The van der Waals surface area contributed by atoms with Gasteiger partial charge in [0.05, 0.1) is 10.6 Å². The molecule has 2 aromatic heterocycles. The van der Waals surface area contributed by atoms with Gasteiger partial charge in [0.1, 0.15) is 0 Å². The van der Waals surface area contributed by atoms with E-state index in [1.807, 2.05) is 32.5 Å². The third kappa shape index (κ3) is 2.51. The predicted octanol–water partition coefficient (Wildman–Crippen LogP) is 1.47. The molecular formula is C12H17N5OS. The van der Waals surface area contributed by atoms with E-state index in [2.05, 4.69) is 14.7 Å². The van der Waals surface area contributed by atoms with Crippen LogP contribution in [-0.2, 0) is 13.6 Å². The monoisotopic (exact) mass is 279 g/mol. The molecule has 0 aliphatic heterocycles. The summed E-state index contributed by atoms with van der Waals surface area (Å²) in [5.74, 6) is -0.103. The average Bonchev–Trinajstić information content (AvgIpc) is 2.88. The van der Waals surface area contributed by atoms with Crippen LogP contribution in [0.1, 0.15) is 32.3 Å². The Kier molecular flexibility index (Phi) is 3.66. The third-order valence-electron chi connectivity index (χ3n) is 3.26. The van der Waals surface area contributed by atoms with Crippen molar-refractivity contribution in [1.82, 2.24) is 24.3 Å². The predicted molar refractivity (Wildman–Crippen MR) is 73.1 cm³/mol. The smallest absolute Gasteiger partial charge is 0.275 e. The fourth-order valence-electron chi connectivity index (χ4n) is 1.97. The third-order valence-corrected chi connectivity index (χ3v) is 3.89. The maximum Gasteiger partial charge on any atom is 0.275 e. The van der Waals surface area contributed by atoms with Gasteiger partial charge in [-0.2, -0.15) is 5.10 Å². The summed E-state index contributed by atoms with van der Waals surface area (Å²) in [4.78, 5) is 14.8. The van der Waals surface area contributed by atoms with E-state index in [9.17, 15) is 4.79 Å². The lowest BCUT2D eigenvalue weighted by Gasteiger charge is -2.16. The van der Waals surface area contributed by atoms with E-state index in [0.717, 1.165) is 21.8 Å². The highest BCUT2D eigenvalue weighted by atomic mass is 32.1. The minimum Gasteiger partial charge on any atom is -0.336 e. The molecule has 0 atom stereocenters. The van der Waals surface area contributed by atoms with E-state index < -0.39 is 0 Å². The summed E-state index contributed by atoms with van der Waals surface area (Å²) in [6.07, 6.45) is 0. The summed E-state index contributed by atoms with van der Waals surface area (Å²) in [6, 6.07) is 0. The fourth-order valence-corrected chi connectivity index (χ4v) is 2.43. The number of carbonyl (C=O) groups is 1. The second-order valence-electron chi connectivity index (χ2n) is 4.61. The molecule has 2 rings (SSSR count). The Hall–Kier alpha value is -1.76. The van der Waals surface area contributed by atoms with Crippen LogP contribution in [-0.4, -0.2) is 37.2 Å². The molecule has 0 aromatic carbocycles. The first-order chi connectivity index (χ1) is 8.91. The molecule has 19 heavy (non-hydrogen) atoms. The molecule has 0 saturated heterocycles. The Bertz CT molecular complexity index is 616. The molecule has 0 N–H and O–H groups in total. The van der Waals surface area contributed by atoms with Crippen LogP contribution in [0.15, 0.2) is 0 Å². The largest absolute Gasteiger partial charge is 0.336 e. The van der Waals surface area contributed by atoms with Gasteiger partial charge >= 0.3 is 0 Å². The lowest BCUT2D eigenvalue weighted by Crippen LogP contribution is -2.27. The van der Waals surface area contributed by atoms with Gasteiger partial charge in [-0.3, -0.25) is 9.48 Å². The fraction of sp³-hybridized carbons (Fsp3) is 0.500. The number of carbonyl (C=O) groups excluding carboxylic acids is 1. The number of rotatable bonds is 3. The summed E-state index contributed by atoms with van der Waals surface area (Å²) in [5, 5.41) is 8.24. The van der Waals surface area contributed by atoms with Crippen LogP contribution >= 0.6 is 11.5 Å². The van der Waals surface area contributed by atoms with Crippen molar-refractivity contribution in [2.45, 2.75) is 27.3 Å². The number of aryl methyl sites for hydroxylation is 3. The van der Waals surface area contributed by atoms with Crippen molar-refractivity contribution in [3.05, 3.63) is 27.5 Å². The van der Waals surface area contributed by atoms with Gasteiger partial charge < -0.3 is 4.90 Å². The normalized spacial score (nSPS) is 10.8. The molecular weight excluding hydrogens is 262 g/mol. The first-order valence-electron chi connectivity index (χ1n) is 5.95. The van der Waals surface area contributed by atoms with E-state index in [1.54, 1.807) is 11.9 Å². The summed E-state index contributed by atoms with van der Waals surface area (Å²) in [5.41, 5.74) is 3.55. The highest BCUT2D eigenvalue weighted by Crippen LogP contribution is 2.16. The van der Waals surface area contributed by atoms with Crippen LogP contribution in [0.4, 0.5) is 0 Å². The molecule has 0 aliphatic carbocycles.